The minimum atomic E-state index is -2.66. The molecule has 2 aliphatic rings. The zero-order valence-electron chi connectivity index (χ0n) is 28.4. The summed E-state index contributed by atoms with van der Waals surface area (Å²) in [6, 6.07) is 21.6. The molecule has 2 aromatic carbocycles. The van der Waals surface area contributed by atoms with Gasteiger partial charge in [-0.15, -0.1) is 0 Å². The molecule has 1 spiro atoms. The summed E-state index contributed by atoms with van der Waals surface area (Å²) < 4.78 is 27.7. The number of ether oxygens (including phenoxy) is 2. The normalized spacial score (nSPS) is 27.1. The molecule has 2 saturated heterocycles. The van der Waals surface area contributed by atoms with E-state index in [-0.39, 0.29) is 23.4 Å². The van der Waals surface area contributed by atoms with Crippen LogP contribution < -0.4 is 10.4 Å². The largest absolute Gasteiger partial charge is 0.410 e. The highest BCUT2D eigenvalue weighted by Gasteiger charge is 2.57. The molecule has 1 N–H and O–H groups in total. The van der Waals surface area contributed by atoms with Gasteiger partial charge < -0.3 is 23.4 Å². The van der Waals surface area contributed by atoms with Gasteiger partial charge in [-0.1, -0.05) is 123 Å². The quantitative estimate of drug-likeness (QED) is 0.261. The molecule has 0 aromatic heterocycles. The van der Waals surface area contributed by atoms with Crippen molar-refractivity contribution in [3.8, 4) is 0 Å². The second-order valence-electron chi connectivity index (χ2n) is 15.0. The zero-order valence-corrected chi connectivity index (χ0v) is 30.4. The predicted molar refractivity (Wildman–Crippen MR) is 182 cm³/mol. The summed E-state index contributed by atoms with van der Waals surface area (Å²) >= 11 is 0. The fourth-order valence-corrected chi connectivity index (χ4v) is 18.4. The Morgan fingerprint density at radius 3 is 1.79 bits per heavy atom. The van der Waals surface area contributed by atoms with E-state index in [1.54, 1.807) is 0 Å². The molecule has 5 atom stereocenters. The van der Waals surface area contributed by atoms with Crippen LogP contribution in [0.1, 0.15) is 94.9 Å². The smallest absolute Gasteiger partial charge is 0.261 e. The van der Waals surface area contributed by atoms with Crippen LogP contribution in [0.3, 0.4) is 0 Å². The van der Waals surface area contributed by atoms with Crippen molar-refractivity contribution in [3.05, 3.63) is 60.7 Å². The van der Waals surface area contributed by atoms with Crippen LogP contribution in [0, 0.1) is 0 Å². The van der Waals surface area contributed by atoms with Gasteiger partial charge in [-0.3, -0.25) is 0 Å². The summed E-state index contributed by atoms with van der Waals surface area (Å²) in [7, 11) is -4.90. The van der Waals surface area contributed by atoms with Gasteiger partial charge in [0.1, 0.15) is 6.10 Å². The lowest BCUT2D eigenvalue weighted by atomic mass is 9.92. The van der Waals surface area contributed by atoms with Crippen molar-refractivity contribution >= 4 is 27.0 Å². The van der Waals surface area contributed by atoms with E-state index in [1.807, 2.05) is 0 Å². The van der Waals surface area contributed by atoms with Crippen LogP contribution in [0.2, 0.25) is 21.7 Å². The van der Waals surface area contributed by atoms with E-state index in [9.17, 15) is 5.11 Å². The highest BCUT2D eigenvalue weighted by atomic mass is 28.4. The van der Waals surface area contributed by atoms with E-state index in [1.165, 1.54) is 10.4 Å². The van der Waals surface area contributed by atoms with Gasteiger partial charge in [0.2, 0.25) is 8.32 Å². The van der Waals surface area contributed by atoms with Crippen molar-refractivity contribution in [2.24, 2.45) is 0 Å². The molecule has 43 heavy (non-hydrogen) atoms. The average Bonchev–Trinajstić information content (AvgIpc) is 3.32. The maximum absolute atomic E-state index is 11.8. The van der Waals surface area contributed by atoms with Crippen molar-refractivity contribution in [1.29, 1.82) is 0 Å². The monoisotopic (exact) mass is 626 g/mol. The topological polar surface area (TPSA) is 57.2 Å². The van der Waals surface area contributed by atoms with Crippen molar-refractivity contribution < 1.29 is 23.4 Å². The van der Waals surface area contributed by atoms with Crippen molar-refractivity contribution in [2.45, 2.75) is 147 Å². The fraction of sp³-hybridized carbons (Fsp3) is 0.667. The predicted octanol–water partition coefficient (Wildman–Crippen LogP) is 7.56. The Bertz CT molecular complexity index is 1090. The van der Waals surface area contributed by atoms with Crippen LogP contribution in [-0.2, 0) is 18.3 Å². The van der Waals surface area contributed by atoms with Crippen LogP contribution in [0.4, 0.5) is 0 Å². The second kappa shape index (κ2) is 13.6. The van der Waals surface area contributed by atoms with Gasteiger partial charge in [-0.05, 0) is 51.8 Å². The lowest BCUT2D eigenvalue weighted by Gasteiger charge is -2.51. The Hall–Kier alpha value is -1.33. The van der Waals surface area contributed by atoms with Crippen LogP contribution in [0.5, 0.6) is 0 Å². The summed E-state index contributed by atoms with van der Waals surface area (Å²) in [5.41, 5.74) is 1.29. The lowest BCUT2D eigenvalue weighted by Crippen LogP contribution is -2.67. The summed E-state index contributed by atoms with van der Waals surface area (Å²) in [6.45, 7) is 23.4. The molecule has 2 fully saturated rings. The van der Waals surface area contributed by atoms with Crippen molar-refractivity contribution in [2.75, 3.05) is 6.61 Å². The highest BCUT2D eigenvalue weighted by Crippen LogP contribution is 2.48. The summed E-state index contributed by atoms with van der Waals surface area (Å²) in [5.74, 6) is -1.02. The molecule has 0 radical (unpaired) electrons. The Labute approximate surface area is 263 Å². The summed E-state index contributed by atoms with van der Waals surface area (Å²) in [4.78, 5) is 0. The Kier molecular flexibility index (Phi) is 10.9. The Morgan fingerprint density at radius 1 is 0.860 bits per heavy atom. The molecule has 2 aliphatic heterocycles. The van der Waals surface area contributed by atoms with Gasteiger partial charge in [0.05, 0.1) is 18.3 Å². The molecule has 0 aliphatic carbocycles. The van der Waals surface area contributed by atoms with Crippen LogP contribution in [-0.4, -0.2) is 58.6 Å². The molecule has 0 bridgehead atoms. The number of hydrogen-bond donors (Lipinski definition) is 1. The maximum atomic E-state index is 11.8. The first-order valence-electron chi connectivity index (χ1n) is 16.7. The van der Waals surface area contributed by atoms with Crippen LogP contribution >= 0.6 is 0 Å². The minimum Gasteiger partial charge on any atom is -0.410 e. The van der Waals surface area contributed by atoms with Crippen molar-refractivity contribution in [1.82, 2.24) is 0 Å². The molecule has 0 amide bonds. The molecule has 2 aromatic rings. The molecule has 0 unspecified atom stereocenters. The van der Waals surface area contributed by atoms with Gasteiger partial charge in [0.25, 0.3) is 8.32 Å². The average molecular weight is 627 g/mol. The number of benzene rings is 2. The van der Waals surface area contributed by atoms with E-state index >= 15 is 0 Å². The first-order valence-corrected chi connectivity index (χ1v) is 20.7. The van der Waals surface area contributed by atoms with Crippen LogP contribution in [0.15, 0.2) is 60.7 Å². The third kappa shape index (κ3) is 6.65. The minimum absolute atomic E-state index is 0.0460. The zero-order chi connectivity index (χ0) is 31.6. The third-order valence-electron chi connectivity index (χ3n) is 10.2. The van der Waals surface area contributed by atoms with Gasteiger partial charge in [0, 0.05) is 19.4 Å². The SMILES string of the molecule is CC(C)[Si](O[C@@H]1C[C@@H](CCO[Si](c2ccccc2)(c2ccccc2)C(C)(C)C)O[C@]2(CC[C@H](C)O2)[C@H]1O)(C(C)C)C(C)C. The number of aliphatic hydroxyl groups excluding tert-OH is 1. The van der Waals surface area contributed by atoms with E-state index in [0.29, 0.717) is 36.1 Å². The first-order chi connectivity index (χ1) is 20.2. The van der Waals surface area contributed by atoms with E-state index < -0.39 is 28.5 Å². The lowest BCUT2D eigenvalue weighted by molar-refractivity contribution is -0.330. The molecular weight excluding hydrogens is 569 g/mol. The van der Waals surface area contributed by atoms with Gasteiger partial charge >= 0.3 is 0 Å². The summed E-state index contributed by atoms with van der Waals surface area (Å²) in [5, 5.41) is 14.3. The number of aliphatic hydroxyl groups is 1. The second-order valence-corrected chi connectivity index (χ2v) is 24.7. The van der Waals surface area contributed by atoms with Crippen molar-refractivity contribution in [3.63, 3.8) is 0 Å². The molecule has 5 nitrogen and oxygen atoms in total. The molecule has 7 heteroatoms. The fourth-order valence-electron chi connectivity index (χ4n) is 8.30. The Balaban J connectivity index is 1.64. The Morgan fingerprint density at radius 2 is 1.37 bits per heavy atom. The van der Waals surface area contributed by atoms with Crippen LogP contribution in [0.25, 0.3) is 0 Å². The highest BCUT2D eigenvalue weighted by molar-refractivity contribution is 6.99. The maximum Gasteiger partial charge on any atom is 0.261 e. The first kappa shape index (κ1) is 34.5. The van der Waals surface area contributed by atoms with E-state index in [0.717, 1.165) is 12.8 Å². The third-order valence-corrected chi connectivity index (χ3v) is 21.4. The molecule has 240 valence electrons. The number of rotatable bonds is 11. The molecule has 4 rings (SSSR count). The van der Waals surface area contributed by atoms with Gasteiger partial charge in [-0.25, -0.2) is 0 Å². The molecular formula is C36H58O5Si2. The summed E-state index contributed by atoms with van der Waals surface area (Å²) in [6.07, 6.45) is 1.70. The van der Waals surface area contributed by atoms with E-state index in [4.69, 9.17) is 18.3 Å². The molecule has 2 heterocycles. The molecule has 0 saturated carbocycles. The number of hydrogen-bond acceptors (Lipinski definition) is 5. The standard InChI is InChI=1S/C36H58O5Si2/c1-26(2)42(27(3)4,28(5)6)41-33-25-30(40-36(34(33)37)23-21-29(7)39-36)22-24-38-43(35(8,9)10,31-17-13-11-14-18-31)32-19-15-12-16-20-32/h11-20,26-30,33-34,37H,21-25H2,1-10H3/t29-,30+,33+,34-,36+/m0/s1. The van der Waals surface area contributed by atoms with Gasteiger partial charge in [-0.2, -0.15) is 0 Å². The van der Waals surface area contributed by atoms with Gasteiger partial charge in [0.15, 0.2) is 5.79 Å². The van der Waals surface area contributed by atoms with E-state index in [2.05, 4.69) is 130 Å².